The minimum absolute atomic E-state index is 0.0589. The van der Waals surface area contributed by atoms with E-state index in [1.54, 1.807) is 6.08 Å². The van der Waals surface area contributed by atoms with Gasteiger partial charge in [0.25, 0.3) is 5.91 Å². The van der Waals surface area contributed by atoms with Crippen LogP contribution >= 0.6 is 12.0 Å². The number of ether oxygens (including phenoxy) is 1. The number of anilines is 1. The first-order valence-corrected chi connectivity index (χ1v) is 8.50. The molecule has 2 aromatic rings. The Morgan fingerprint density at radius 3 is 2.84 bits per heavy atom. The van der Waals surface area contributed by atoms with Gasteiger partial charge in [-0.25, -0.2) is 9.87 Å². The summed E-state index contributed by atoms with van der Waals surface area (Å²) in [5.74, 6) is 1.11. The van der Waals surface area contributed by atoms with E-state index in [-0.39, 0.29) is 12.0 Å². The number of hydrogen-bond acceptors (Lipinski definition) is 6. The van der Waals surface area contributed by atoms with E-state index in [0.29, 0.717) is 16.4 Å². The molecule has 0 saturated heterocycles. The molecule has 1 aliphatic rings. The lowest BCUT2D eigenvalue weighted by Gasteiger charge is -2.10. The molecule has 1 aliphatic heterocycles. The lowest BCUT2D eigenvalue weighted by Crippen LogP contribution is -2.05. The molecular formula is C17H19N3O4S. The topological polar surface area (TPSA) is 85.5 Å². The van der Waals surface area contributed by atoms with Gasteiger partial charge in [-0.05, 0) is 45.0 Å². The van der Waals surface area contributed by atoms with E-state index >= 15 is 0 Å². The van der Waals surface area contributed by atoms with Gasteiger partial charge in [-0.2, -0.15) is 4.33 Å². The number of carbonyl (C=O) groups is 1. The summed E-state index contributed by atoms with van der Waals surface area (Å²) in [7, 11) is 1.43. The molecule has 0 spiro atoms. The first kappa shape index (κ1) is 17.5. The minimum Gasteiger partial charge on any atom is -0.491 e. The van der Waals surface area contributed by atoms with E-state index in [1.807, 2.05) is 39.0 Å². The Morgan fingerprint density at radius 2 is 2.12 bits per heavy atom. The Balaban J connectivity index is 1.93. The largest absolute Gasteiger partial charge is 0.491 e. The number of hydrogen-bond donors (Lipinski definition) is 2. The van der Waals surface area contributed by atoms with Crippen LogP contribution in [0.5, 0.6) is 5.75 Å². The number of imidazole rings is 1. The first-order valence-electron chi connectivity index (χ1n) is 7.76. The molecule has 7 nitrogen and oxygen atoms in total. The van der Waals surface area contributed by atoms with Crippen LogP contribution in [0.1, 0.15) is 30.9 Å². The molecule has 0 unspecified atom stereocenters. The van der Waals surface area contributed by atoms with Gasteiger partial charge >= 0.3 is 0 Å². The number of aromatic nitrogens is 2. The predicted octanol–water partition coefficient (Wildman–Crippen LogP) is 3.58. The van der Waals surface area contributed by atoms with Gasteiger partial charge in [0, 0.05) is 16.9 Å². The van der Waals surface area contributed by atoms with Crippen LogP contribution in [0.4, 0.5) is 5.69 Å². The summed E-state index contributed by atoms with van der Waals surface area (Å²) in [6, 6.07) is 5.54. The quantitative estimate of drug-likeness (QED) is 0.354. The summed E-state index contributed by atoms with van der Waals surface area (Å²) in [6.07, 6.45) is 1.77. The predicted molar refractivity (Wildman–Crippen MR) is 96.0 cm³/mol. The molecule has 1 amide bonds. The van der Waals surface area contributed by atoms with Crippen molar-refractivity contribution in [3.63, 3.8) is 0 Å². The Hall–Kier alpha value is -2.29. The van der Waals surface area contributed by atoms with Gasteiger partial charge < -0.3 is 15.0 Å². The normalized spacial score (nSPS) is 14.9. The molecule has 0 atom stereocenters. The number of aromatic amines is 1. The number of benzene rings is 1. The van der Waals surface area contributed by atoms with Crippen molar-refractivity contribution >= 4 is 35.3 Å². The maximum Gasteiger partial charge on any atom is 0.256 e. The maximum absolute atomic E-state index is 12.3. The monoisotopic (exact) mass is 361 g/mol. The van der Waals surface area contributed by atoms with Gasteiger partial charge in [-0.1, -0.05) is 0 Å². The van der Waals surface area contributed by atoms with Crippen molar-refractivity contribution in [2.24, 2.45) is 0 Å². The number of rotatable bonds is 6. The molecule has 8 heteroatoms. The van der Waals surface area contributed by atoms with Crippen LogP contribution in [0.2, 0.25) is 0 Å². The molecule has 0 fully saturated rings. The second-order valence-corrected chi connectivity index (χ2v) is 6.45. The molecule has 1 aromatic heterocycles. The summed E-state index contributed by atoms with van der Waals surface area (Å²) < 4.78 is 10.5. The zero-order valence-electron chi connectivity index (χ0n) is 14.4. The van der Waals surface area contributed by atoms with E-state index in [1.165, 1.54) is 7.11 Å². The summed E-state index contributed by atoms with van der Waals surface area (Å²) in [5, 5.41) is 3.49. The van der Waals surface area contributed by atoms with Crippen molar-refractivity contribution in [3.8, 4) is 5.75 Å². The molecule has 0 aliphatic carbocycles. The number of H-pyrrole nitrogens is 1. The molecule has 1 aromatic carbocycles. The number of carbonyl (C=O) groups excluding carboxylic acids is 1. The molecule has 2 heterocycles. The number of amides is 1. The molecular weight excluding hydrogens is 342 g/mol. The molecule has 0 radical (unpaired) electrons. The molecule has 3 rings (SSSR count). The fraction of sp³-hybridized carbons (Fsp3) is 0.294. The van der Waals surface area contributed by atoms with E-state index < -0.39 is 0 Å². The molecule has 0 bridgehead atoms. The third-order valence-electron chi connectivity index (χ3n) is 3.47. The standard InChI is InChI=1S/C17H19N3O4S/c1-9(2)23-11-5-6-14-12(7-11)13(16(21)19-14)8-15-18-10(3)17(20-15)25-24-22-4/h5-9H,1-4H3,(H,18,20)(H,19,21). The zero-order chi connectivity index (χ0) is 18.0. The Kier molecular flexibility index (Phi) is 5.12. The Morgan fingerprint density at radius 1 is 1.32 bits per heavy atom. The average molecular weight is 361 g/mol. The highest BCUT2D eigenvalue weighted by Crippen LogP contribution is 2.36. The number of nitrogens with one attached hydrogen (secondary N) is 2. The fourth-order valence-electron chi connectivity index (χ4n) is 2.48. The second-order valence-electron chi connectivity index (χ2n) is 5.76. The van der Waals surface area contributed by atoms with Crippen molar-refractivity contribution in [3.05, 3.63) is 35.3 Å². The van der Waals surface area contributed by atoms with Crippen LogP contribution in [0.3, 0.4) is 0 Å². The highest BCUT2D eigenvalue weighted by Gasteiger charge is 2.25. The van der Waals surface area contributed by atoms with Crippen molar-refractivity contribution in [2.45, 2.75) is 31.9 Å². The minimum atomic E-state index is -0.173. The Labute approximate surface area is 149 Å². The third-order valence-corrected chi connectivity index (χ3v) is 4.23. The summed E-state index contributed by atoms with van der Waals surface area (Å²) >= 11 is 1.01. The maximum atomic E-state index is 12.3. The van der Waals surface area contributed by atoms with Crippen molar-refractivity contribution < 1.29 is 18.8 Å². The van der Waals surface area contributed by atoms with Gasteiger partial charge in [-0.3, -0.25) is 4.79 Å². The van der Waals surface area contributed by atoms with Gasteiger partial charge in [0.15, 0.2) is 0 Å². The van der Waals surface area contributed by atoms with Crippen molar-refractivity contribution in [2.75, 3.05) is 12.4 Å². The van der Waals surface area contributed by atoms with Crippen LogP contribution in [0.25, 0.3) is 11.6 Å². The van der Waals surface area contributed by atoms with Crippen molar-refractivity contribution in [1.29, 1.82) is 0 Å². The Bertz CT molecular complexity index is 829. The highest BCUT2D eigenvalue weighted by molar-refractivity contribution is 7.94. The van der Waals surface area contributed by atoms with E-state index in [4.69, 9.17) is 9.07 Å². The number of nitrogens with zero attached hydrogens (tertiary/aromatic N) is 1. The lowest BCUT2D eigenvalue weighted by molar-refractivity contribution is -0.160. The highest BCUT2D eigenvalue weighted by atomic mass is 32.2. The summed E-state index contributed by atoms with van der Waals surface area (Å²) in [4.78, 5) is 24.4. The van der Waals surface area contributed by atoms with Crippen molar-refractivity contribution in [1.82, 2.24) is 9.97 Å². The summed E-state index contributed by atoms with van der Waals surface area (Å²) in [5.41, 5.74) is 2.90. The molecule has 0 saturated carbocycles. The van der Waals surface area contributed by atoms with Crippen LogP contribution in [-0.2, 0) is 14.0 Å². The van der Waals surface area contributed by atoms with Gasteiger partial charge in [0.2, 0.25) is 0 Å². The number of aryl methyl sites for hydroxylation is 1. The smallest absolute Gasteiger partial charge is 0.256 e. The van der Waals surface area contributed by atoms with Crippen LogP contribution in [0.15, 0.2) is 23.2 Å². The zero-order valence-corrected chi connectivity index (χ0v) is 15.2. The van der Waals surface area contributed by atoms with Crippen LogP contribution < -0.4 is 10.1 Å². The SMILES string of the molecule is COOSc1nc(C=C2C(=O)Nc3ccc(OC(C)C)cc32)[nH]c1C. The fourth-order valence-corrected chi connectivity index (χ4v) is 2.92. The lowest BCUT2D eigenvalue weighted by atomic mass is 10.1. The second kappa shape index (κ2) is 7.30. The van der Waals surface area contributed by atoms with E-state index in [9.17, 15) is 4.79 Å². The van der Waals surface area contributed by atoms with Crippen LogP contribution in [0, 0.1) is 6.92 Å². The van der Waals surface area contributed by atoms with E-state index in [2.05, 4.69) is 20.2 Å². The first-order chi connectivity index (χ1) is 12.0. The van der Waals surface area contributed by atoms with Crippen LogP contribution in [-0.4, -0.2) is 29.1 Å². The molecule has 132 valence electrons. The van der Waals surface area contributed by atoms with E-state index in [0.717, 1.165) is 34.7 Å². The van der Waals surface area contributed by atoms with Gasteiger partial charge in [-0.15, -0.1) is 0 Å². The molecule has 25 heavy (non-hydrogen) atoms. The molecule has 2 N–H and O–H groups in total. The average Bonchev–Trinajstić information content (AvgIpc) is 3.05. The van der Waals surface area contributed by atoms with Gasteiger partial charge in [0.1, 0.15) is 16.6 Å². The third kappa shape index (κ3) is 3.87. The number of fused-ring (bicyclic) bond motifs is 1. The van der Waals surface area contributed by atoms with Gasteiger partial charge in [0.05, 0.1) is 30.8 Å². The summed E-state index contributed by atoms with van der Waals surface area (Å²) in [6.45, 7) is 5.79.